The van der Waals surface area contributed by atoms with Crippen molar-refractivity contribution in [2.24, 2.45) is 0 Å². The summed E-state index contributed by atoms with van der Waals surface area (Å²) in [5.74, 6) is -1.01. The second kappa shape index (κ2) is 7.65. The highest BCUT2D eigenvalue weighted by molar-refractivity contribution is 7.10. The Morgan fingerprint density at radius 3 is 2.76 bits per heavy atom. The van der Waals surface area contributed by atoms with Crippen molar-refractivity contribution in [1.29, 1.82) is 0 Å². The third-order valence-corrected chi connectivity index (χ3v) is 4.97. The van der Waals surface area contributed by atoms with Crippen LogP contribution in [-0.2, 0) is 20.7 Å². The Morgan fingerprint density at radius 1 is 1.28 bits per heavy atom. The maximum absolute atomic E-state index is 13.8. The number of hydrogen-bond donors (Lipinski definition) is 0. The van der Waals surface area contributed by atoms with Crippen LogP contribution in [-0.4, -0.2) is 42.6 Å². The summed E-state index contributed by atoms with van der Waals surface area (Å²) < 4.78 is 24.3. The van der Waals surface area contributed by atoms with Gasteiger partial charge in [0, 0.05) is 11.3 Å². The lowest BCUT2D eigenvalue weighted by Crippen LogP contribution is -2.42. The molecule has 1 amide bonds. The lowest BCUT2D eigenvalue weighted by molar-refractivity contribution is -0.150. The number of thiophene rings is 1. The maximum atomic E-state index is 13.8. The fourth-order valence-electron chi connectivity index (χ4n) is 2.90. The van der Waals surface area contributed by atoms with Crippen LogP contribution in [0.25, 0.3) is 0 Å². The van der Waals surface area contributed by atoms with E-state index >= 15 is 0 Å². The molecular formula is C18H18FNO4S. The number of esters is 1. The largest absolute Gasteiger partial charge is 0.485 e. The number of methoxy groups -OCH3 is 1. The van der Waals surface area contributed by atoms with Crippen molar-refractivity contribution in [3.63, 3.8) is 0 Å². The van der Waals surface area contributed by atoms with E-state index in [9.17, 15) is 14.0 Å². The maximum Gasteiger partial charge on any atom is 0.328 e. The molecule has 1 fully saturated rings. The Morgan fingerprint density at radius 2 is 2.08 bits per heavy atom. The van der Waals surface area contributed by atoms with Gasteiger partial charge in [-0.15, -0.1) is 11.3 Å². The van der Waals surface area contributed by atoms with Crippen molar-refractivity contribution < 1.29 is 23.5 Å². The summed E-state index contributed by atoms with van der Waals surface area (Å²) in [4.78, 5) is 27.0. The van der Waals surface area contributed by atoms with Gasteiger partial charge in [0.2, 0.25) is 5.91 Å². The van der Waals surface area contributed by atoms with Gasteiger partial charge in [0.15, 0.2) is 11.6 Å². The summed E-state index contributed by atoms with van der Waals surface area (Å²) in [6.45, 7) is 0.221. The molecule has 0 aliphatic carbocycles. The van der Waals surface area contributed by atoms with Gasteiger partial charge in [-0.1, -0.05) is 18.2 Å². The number of nitrogens with zero attached hydrogens (tertiary/aromatic N) is 1. The van der Waals surface area contributed by atoms with Gasteiger partial charge in [0.1, 0.15) is 12.1 Å². The number of carbonyl (C=O) groups is 2. The van der Waals surface area contributed by atoms with Gasteiger partial charge in [0.25, 0.3) is 0 Å². The molecule has 0 saturated carbocycles. The Labute approximate surface area is 149 Å². The van der Waals surface area contributed by atoms with Gasteiger partial charge < -0.3 is 14.4 Å². The number of hydrogen-bond acceptors (Lipinski definition) is 5. The molecule has 0 N–H and O–H groups in total. The topological polar surface area (TPSA) is 55.8 Å². The van der Waals surface area contributed by atoms with Crippen LogP contribution in [0.4, 0.5) is 4.39 Å². The van der Waals surface area contributed by atoms with E-state index in [2.05, 4.69) is 0 Å². The van der Waals surface area contributed by atoms with Crippen molar-refractivity contribution in [3.8, 4) is 5.75 Å². The Balaban J connectivity index is 1.73. The molecule has 3 rings (SSSR count). The van der Waals surface area contributed by atoms with Crippen molar-refractivity contribution in [2.75, 3.05) is 13.7 Å². The van der Waals surface area contributed by atoms with E-state index < -0.39 is 23.9 Å². The Kier molecular flexibility index (Phi) is 5.33. The van der Waals surface area contributed by atoms with Gasteiger partial charge in [-0.3, -0.25) is 4.79 Å². The molecule has 0 unspecified atom stereocenters. The van der Waals surface area contributed by atoms with E-state index in [4.69, 9.17) is 9.47 Å². The smallest absolute Gasteiger partial charge is 0.328 e. The number of amides is 1. The number of carbonyl (C=O) groups excluding carboxylic acids is 2. The zero-order valence-electron chi connectivity index (χ0n) is 13.7. The predicted molar refractivity (Wildman–Crippen MR) is 91.0 cm³/mol. The van der Waals surface area contributed by atoms with Crippen molar-refractivity contribution in [2.45, 2.75) is 25.0 Å². The Bertz CT molecular complexity index is 749. The average Bonchev–Trinajstić information content (AvgIpc) is 3.26. The first-order valence-electron chi connectivity index (χ1n) is 7.89. The number of benzene rings is 1. The number of para-hydroxylation sites is 1. The number of ether oxygens (including phenoxy) is 2. The molecule has 7 heteroatoms. The minimum absolute atomic E-state index is 0.115. The first-order chi connectivity index (χ1) is 12.1. The van der Waals surface area contributed by atoms with Crippen LogP contribution in [0.15, 0.2) is 41.8 Å². The van der Waals surface area contributed by atoms with Gasteiger partial charge in [-0.25, -0.2) is 9.18 Å². The minimum atomic E-state index is -0.714. The van der Waals surface area contributed by atoms with Gasteiger partial charge >= 0.3 is 5.97 Å². The zero-order chi connectivity index (χ0) is 17.8. The van der Waals surface area contributed by atoms with E-state index in [-0.39, 0.29) is 31.0 Å². The van der Waals surface area contributed by atoms with Crippen LogP contribution in [0.5, 0.6) is 5.75 Å². The van der Waals surface area contributed by atoms with E-state index in [1.165, 1.54) is 35.5 Å². The number of halogens is 1. The zero-order valence-corrected chi connectivity index (χ0v) is 14.5. The SMILES string of the molecule is COC(=O)[C@H]1C[C@@H](Oc2ccccc2F)CN1C(=O)Cc1cccs1. The van der Waals surface area contributed by atoms with Crippen LogP contribution < -0.4 is 4.74 Å². The summed E-state index contributed by atoms with van der Waals surface area (Å²) in [5.41, 5.74) is 0. The summed E-state index contributed by atoms with van der Waals surface area (Å²) in [6.07, 6.45) is 0.0303. The summed E-state index contributed by atoms with van der Waals surface area (Å²) >= 11 is 1.49. The molecule has 0 bridgehead atoms. The normalized spacial score (nSPS) is 19.7. The highest BCUT2D eigenvalue weighted by atomic mass is 32.1. The lowest BCUT2D eigenvalue weighted by Gasteiger charge is -2.22. The van der Waals surface area contributed by atoms with Crippen LogP contribution in [0.3, 0.4) is 0 Å². The molecule has 1 aromatic heterocycles. The van der Waals surface area contributed by atoms with E-state index in [1.807, 2.05) is 17.5 Å². The lowest BCUT2D eigenvalue weighted by atomic mass is 10.2. The summed E-state index contributed by atoms with van der Waals surface area (Å²) in [6, 6.07) is 9.11. The third kappa shape index (κ3) is 3.99. The summed E-state index contributed by atoms with van der Waals surface area (Å²) in [7, 11) is 1.29. The third-order valence-electron chi connectivity index (χ3n) is 4.09. The molecule has 1 aromatic carbocycles. The van der Waals surface area contributed by atoms with Crippen molar-refractivity contribution >= 4 is 23.2 Å². The summed E-state index contributed by atoms with van der Waals surface area (Å²) in [5, 5.41) is 1.90. The van der Waals surface area contributed by atoms with Crippen LogP contribution >= 0.6 is 11.3 Å². The molecule has 2 atom stereocenters. The molecule has 132 valence electrons. The monoisotopic (exact) mass is 363 g/mol. The molecule has 2 aromatic rings. The first kappa shape index (κ1) is 17.4. The van der Waals surface area contributed by atoms with Crippen molar-refractivity contribution in [1.82, 2.24) is 4.90 Å². The molecule has 1 aliphatic rings. The van der Waals surface area contributed by atoms with Crippen LogP contribution in [0.2, 0.25) is 0 Å². The van der Waals surface area contributed by atoms with Crippen LogP contribution in [0, 0.1) is 5.82 Å². The molecular weight excluding hydrogens is 345 g/mol. The second-order valence-electron chi connectivity index (χ2n) is 5.75. The molecule has 25 heavy (non-hydrogen) atoms. The highest BCUT2D eigenvalue weighted by Gasteiger charge is 2.41. The van der Waals surface area contributed by atoms with Gasteiger partial charge in [-0.05, 0) is 23.6 Å². The molecule has 0 spiro atoms. The first-order valence-corrected chi connectivity index (χ1v) is 8.77. The number of likely N-dealkylation sites (tertiary alicyclic amines) is 1. The minimum Gasteiger partial charge on any atom is -0.485 e. The van der Waals surface area contributed by atoms with Crippen molar-refractivity contribution in [3.05, 3.63) is 52.5 Å². The highest BCUT2D eigenvalue weighted by Crippen LogP contribution is 2.26. The number of rotatable bonds is 5. The van der Waals surface area contributed by atoms with Gasteiger partial charge in [-0.2, -0.15) is 0 Å². The van der Waals surface area contributed by atoms with E-state index in [1.54, 1.807) is 12.1 Å². The molecule has 5 nitrogen and oxygen atoms in total. The fourth-order valence-corrected chi connectivity index (χ4v) is 3.60. The Hall–Kier alpha value is -2.41. The average molecular weight is 363 g/mol. The fraction of sp³-hybridized carbons (Fsp3) is 0.333. The molecule has 1 saturated heterocycles. The van der Waals surface area contributed by atoms with E-state index in [0.29, 0.717) is 0 Å². The van der Waals surface area contributed by atoms with Gasteiger partial charge in [0.05, 0.1) is 20.1 Å². The second-order valence-corrected chi connectivity index (χ2v) is 6.78. The predicted octanol–water partition coefficient (Wildman–Crippen LogP) is 2.65. The van der Waals surface area contributed by atoms with Crippen LogP contribution in [0.1, 0.15) is 11.3 Å². The molecule has 0 radical (unpaired) electrons. The standard InChI is InChI=1S/C18H18FNO4S/c1-23-18(22)15-9-12(24-16-7-3-2-6-14(16)19)11-20(15)17(21)10-13-5-4-8-25-13/h2-8,12,15H,9-11H2,1H3/t12-,15-/m1/s1. The quantitative estimate of drug-likeness (QED) is 0.767. The molecule has 1 aliphatic heterocycles. The van der Waals surface area contributed by atoms with E-state index in [0.717, 1.165) is 4.88 Å². The molecule has 2 heterocycles.